The van der Waals surface area contributed by atoms with Crippen molar-refractivity contribution in [2.24, 2.45) is 0 Å². The van der Waals surface area contributed by atoms with Gasteiger partial charge in [-0.2, -0.15) is 4.80 Å². The van der Waals surface area contributed by atoms with E-state index < -0.39 is 0 Å². The summed E-state index contributed by atoms with van der Waals surface area (Å²) in [5.41, 5.74) is 0.828. The topological polar surface area (TPSA) is 55.6 Å². The number of rotatable bonds is 5. The van der Waals surface area contributed by atoms with Gasteiger partial charge in [0, 0.05) is 0 Å². The number of aryl methyl sites for hydroxylation is 1. The lowest BCUT2D eigenvalue weighted by Gasteiger charge is -2.18. The molecule has 0 amide bonds. The lowest BCUT2D eigenvalue weighted by molar-refractivity contribution is 0.421. The molecule has 5 nitrogen and oxygen atoms in total. The predicted molar refractivity (Wildman–Crippen MR) is 80.7 cm³/mol. The number of benzene rings is 1. The Balaban J connectivity index is 2.43. The van der Waals surface area contributed by atoms with Crippen LogP contribution in [-0.2, 0) is 0 Å². The molecule has 1 aromatic carbocycles. The molecule has 1 heterocycles. The van der Waals surface area contributed by atoms with E-state index in [1.54, 1.807) is 17.8 Å². The number of halogens is 3. The van der Waals surface area contributed by atoms with Crippen molar-refractivity contribution in [3.8, 4) is 0 Å². The zero-order chi connectivity index (χ0) is 14.7. The van der Waals surface area contributed by atoms with E-state index in [2.05, 4.69) is 20.7 Å². The van der Waals surface area contributed by atoms with Crippen molar-refractivity contribution < 1.29 is 0 Å². The van der Waals surface area contributed by atoms with E-state index in [-0.39, 0.29) is 6.04 Å². The first-order valence-electron chi connectivity index (χ1n) is 6.08. The highest BCUT2D eigenvalue weighted by atomic mass is 35.5. The first-order chi connectivity index (χ1) is 9.54. The third-order valence-corrected chi connectivity index (χ3v) is 4.21. The van der Waals surface area contributed by atoms with Crippen LogP contribution in [0.3, 0.4) is 0 Å². The molecule has 0 spiro atoms. The van der Waals surface area contributed by atoms with Crippen LogP contribution in [0, 0.1) is 6.92 Å². The van der Waals surface area contributed by atoms with E-state index >= 15 is 0 Å². The fourth-order valence-corrected chi connectivity index (χ4v) is 2.57. The molecule has 0 aliphatic carbocycles. The van der Waals surface area contributed by atoms with Crippen molar-refractivity contribution in [1.82, 2.24) is 25.5 Å². The van der Waals surface area contributed by atoms with Crippen molar-refractivity contribution in [3.63, 3.8) is 0 Å². The second kappa shape index (κ2) is 6.72. The third kappa shape index (κ3) is 3.23. The highest BCUT2D eigenvalue weighted by Gasteiger charge is 2.21. The molecule has 2 aromatic rings. The molecule has 0 bridgehead atoms. The van der Waals surface area contributed by atoms with Gasteiger partial charge in [0.2, 0.25) is 0 Å². The molecule has 2 rings (SSSR count). The van der Waals surface area contributed by atoms with Crippen LogP contribution >= 0.6 is 34.8 Å². The number of hydrogen-bond donors (Lipinski definition) is 1. The van der Waals surface area contributed by atoms with Gasteiger partial charge in [0.05, 0.1) is 15.1 Å². The van der Waals surface area contributed by atoms with Crippen molar-refractivity contribution in [1.29, 1.82) is 0 Å². The maximum Gasteiger partial charge on any atom is 0.171 e. The zero-order valence-electron chi connectivity index (χ0n) is 11.1. The highest BCUT2D eigenvalue weighted by Crippen LogP contribution is 2.37. The quantitative estimate of drug-likeness (QED) is 0.854. The SMILES string of the molecule is CNCCC(c1ccc(Cl)c(Cl)c1Cl)n1nnc(C)n1. The van der Waals surface area contributed by atoms with Crippen molar-refractivity contribution in [2.45, 2.75) is 19.4 Å². The molecular weight excluding hydrogens is 321 g/mol. The summed E-state index contributed by atoms with van der Waals surface area (Å²) >= 11 is 18.4. The van der Waals surface area contributed by atoms with Crippen LogP contribution < -0.4 is 5.32 Å². The summed E-state index contributed by atoms with van der Waals surface area (Å²) in [7, 11) is 1.88. The van der Waals surface area contributed by atoms with Crippen LogP contribution in [0.5, 0.6) is 0 Å². The normalized spacial score (nSPS) is 12.7. The van der Waals surface area contributed by atoms with Crippen molar-refractivity contribution in [3.05, 3.63) is 38.6 Å². The maximum absolute atomic E-state index is 6.30. The van der Waals surface area contributed by atoms with Crippen LogP contribution in [0.15, 0.2) is 12.1 Å². The van der Waals surface area contributed by atoms with Crippen molar-refractivity contribution in [2.75, 3.05) is 13.6 Å². The molecule has 0 saturated heterocycles. The minimum Gasteiger partial charge on any atom is -0.320 e. The molecule has 8 heteroatoms. The summed E-state index contributed by atoms with van der Waals surface area (Å²) in [4.78, 5) is 1.55. The van der Waals surface area contributed by atoms with Crippen LogP contribution in [0.1, 0.15) is 23.9 Å². The summed E-state index contributed by atoms with van der Waals surface area (Å²) in [5.74, 6) is 0.607. The highest BCUT2D eigenvalue weighted by molar-refractivity contribution is 6.48. The van der Waals surface area contributed by atoms with Gasteiger partial charge < -0.3 is 5.32 Å². The Kier molecular flexibility index (Phi) is 5.21. The number of aromatic nitrogens is 4. The van der Waals surface area contributed by atoms with E-state index in [9.17, 15) is 0 Å². The molecule has 0 radical (unpaired) electrons. The Hall–Kier alpha value is -0.880. The standard InChI is InChI=1S/C12H14Cl3N5/c1-7-17-19-20(18-7)10(5-6-16-2)8-3-4-9(13)12(15)11(8)14/h3-4,10,16H,5-6H2,1-2H3. The molecule has 0 saturated carbocycles. The monoisotopic (exact) mass is 333 g/mol. The van der Waals surface area contributed by atoms with Gasteiger partial charge in [-0.05, 0) is 43.8 Å². The summed E-state index contributed by atoms with van der Waals surface area (Å²) < 4.78 is 0. The van der Waals surface area contributed by atoms with Crippen molar-refractivity contribution >= 4 is 34.8 Å². The zero-order valence-corrected chi connectivity index (χ0v) is 13.3. The third-order valence-electron chi connectivity index (χ3n) is 2.90. The maximum atomic E-state index is 6.30. The number of tetrazole rings is 1. The molecule has 1 N–H and O–H groups in total. The smallest absolute Gasteiger partial charge is 0.171 e. The lowest BCUT2D eigenvalue weighted by Crippen LogP contribution is -2.20. The summed E-state index contributed by atoms with van der Waals surface area (Å²) in [6.45, 7) is 2.57. The van der Waals surface area contributed by atoms with Gasteiger partial charge in [-0.15, -0.1) is 10.2 Å². The molecule has 0 fully saturated rings. The van der Waals surface area contributed by atoms with E-state index in [0.29, 0.717) is 20.9 Å². The summed E-state index contributed by atoms with van der Waals surface area (Å²) in [6, 6.07) is 3.42. The van der Waals surface area contributed by atoms with Crippen LogP contribution in [0.25, 0.3) is 0 Å². The Morgan fingerprint density at radius 3 is 2.60 bits per heavy atom. The van der Waals surface area contributed by atoms with Gasteiger partial charge in [-0.3, -0.25) is 0 Å². The minimum absolute atomic E-state index is 0.147. The van der Waals surface area contributed by atoms with Gasteiger partial charge >= 0.3 is 0 Å². The molecule has 1 aromatic heterocycles. The number of hydrogen-bond acceptors (Lipinski definition) is 4. The van der Waals surface area contributed by atoms with E-state index in [1.807, 2.05) is 13.1 Å². The molecule has 1 unspecified atom stereocenters. The van der Waals surface area contributed by atoms with E-state index in [0.717, 1.165) is 18.5 Å². The molecule has 108 valence electrons. The summed E-state index contributed by atoms with van der Waals surface area (Å²) in [5, 5.41) is 16.5. The van der Waals surface area contributed by atoms with Gasteiger partial charge in [0.15, 0.2) is 5.82 Å². The molecule has 0 aliphatic rings. The molecule has 0 aliphatic heterocycles. The Bertz CT molecular complexity index is 599. The van der Waals surface area contributed by atoms with Gasteiger partial charge in [0.25, 0.3) is 0 Å². The van der Waals surface area contributed by atoms with Gasteiger partial charge in [-0.1, -0.05) is 40.9 Å². The first kappa shape index (κ1) is 15.5. The second-order valence-corrected chi connectivity index (χ2v) is 5.49. The molecular formula is C12H14Cl3N5. The van der Waals surface area contributed by atoms with Gasteiger partial charge in [-0.25, -0.2) is 0 Å². The largest absolute Gasteiger partial charge is 0.320 e. The Labute approximate surface area is 132 Å². The first-order valence-corrected chi connectivity index (χ1v) is 7.22. The van der Waals surface area contributed by atoms with E-state index in [4.69, 9.17) is 34.8 Å². The fourth-order valence-electron chi connectivity index (χ4n) is 1.91. The summed E-state index contributed by atoms with van der Waals surface area (Å²) in [6.07, 6.45) is 0.754. The lowest BCUT2D eigenvalue weighted by atomic mass is 10.0. The Morgan fingerprint density at radius 2 is 2.00 bits per heavy atom. The minimum atomic E-state index is -0.147. The molecule has 20 heavy (non-hydrogen) atoms. The molecule has 1 atom stereocenters. The number of nitrogens with zero attached hydrogens (tertiary/aromatic N) is 4. The predicted octanol–water partition coefficient (Wildman–Crippen LogP) is 3.14. The van der Waals surface area contributed by atoms with Crippen LogP contribution in [-0.4, -0.2) is 33.8 Å². The Morgan fingerprint density at radius 1 is 1.25 bits per heavy atom. The van der Waals surface area contributed by atoms with E-state index in [1.165, 1.54) is 0 Å². The number of nitrogens with one attached hydrogen (secondary N) is 1. The fraction of sp³-hybridized carbons (Fsp3) is 0.417. The van der Waals surface area contributed by atoms with Crippen LogP contribution in [0.4, 0.5) is 0 Å². The van der Waals surface area contributed by atoms with Gasteiger partial charge in [0.1, 0.15) is 6.04 Å². The average molecular weight is 335 g/mol. The van der Waals surface area contributed by atoms with Crippen LogP contribution in [0.2, 0.25) is 15.1 Å². The second-order valence-electron chi connectivity index (χ2n) is 4.33. The average Bonchev–Trinajstić information content (AvgIpc) is 2.85.